The molecule has 2 aromatic carbocycles. The summed E-state index contributed by atoms with van der Waals surface area (Å²) < 4.78 is 8.19. The number of benzene rings is 2. The Morgan fingerprint density at radius 2 is 1.93 bits per heavy atom. The maximum atomic E-state index is 12.1. The van der Waals surface area contributed by atoms with E-state index in [4.69, 9.17) is 9.72 Å². The molecule has 0 saturated heterocycles. The minimum Gasteiger partial charge on any atom is -0.493 e. The van der Waals surface area contributed by atoms with Crippen molar-refractivity contribution in [3.8, 4) is 5.75 Å². The van der Waals surface area contributed by atoms with Crippen LogP contribution in [0.2, 0.25) is 0 Å². The average molecular weight is 406 g/mol. The first-order valence-corrected chi connectivity index (χ1v) is 10.5. The maximum absolute atomic E-state index is 12.1. The molecule has 1 unspecified atom stereocenters. The SMILES string of the molecule is C=C(C)C(=O)NC(C)c1nc2ccccc2n1CCCCOc1cccc(C)c1C. The lowest BCUT2D eigenvalue weighted by atomic mass is 10.1. The van der Waals surface area contributed by atoms with Crippen molar-refractivity contribution in [1.82, 2.24) is 14.9 Å². The van der Waals surface area contributed by atoms with Crippen LogP contribution in [0.4, 0.5) is 0 Å². The van der Waals surface area contributed by atoms with Gasteiger partial charge in [0.25, 0.3) is 0 Å². The molecule has 3 rings (SSSR count). The number of imidazole rings is 1. The molecular weight excluding hydrogens is 374 g/mol. The molecule has 0 bridgehead atoms. The molecule has 0 spiro atoms. The van der Waals surface area contributed by atoms with Gasteiger partial charge in [-0.15, -0.1) is 0 Å². The summed E-state index contributed by atoms with van der Waals surface area (Å²) in [7, 11) is 0. The molecule has 1 N–H and O–H groups in total. The first kappa shape index (κ1) is 21.6. The number of unbranched alkanes of at least 4 members (excludes halogenated alkanes) is 1. The van der Waals surface area contributed by atoms with E-state index in [9.17, 15) is 4.79 Å². The highest BCUT2D eigenvalue weighted by Gasteiger charge is 2.18. The Balaban J connectivity index is 1.66. The van der Waals surface area contributed by atoms with Crippen molar-refractivity contribution in [2.45, 2.75) is 53.1 Å². The number of nitrogens with zero attached hydrogens (tertiary/aromatic N) is 2. The molecule has 158 valence electrons. The summed E-state index contributed by atoms with van der Waals surface area (Å²) in [4.78, 5) is 16.9. The van der Waals surface area contributed by atoms with Crippen molar-refractivity contribution < 1.29 is 9.53 Å². The number of aromatic nitrogens is 2. The number of hydrogen-bond acceptors (Lipinski definition) is 3. The highest BCUT2D eigenvalue weighted by molar-refractivity contribution is 5.92. The Hall–Kier alpha value is -3.08. The number of fused-ring (bicyclic) bond motifs is 1. The lowest BCUT2D eigenvalue weighted by Crippen LogP contribution is -2.29. The maximum Gasteiger partial charge on any atom is 0.246 e. The summed E-state index contributed by atoms with van der Waals surface area (Å²) in [5, 5.41) is 2.99. The van der Waals surface area contributed by atoms with Crippen molar-refractivity contribution in [3.63, 3.8) is 0 Å². The van der Waals surface area contributed by atoms with Crippen LogP contribution in [0.1, 0.15) is 49.7 Å². The normalized spacial score (nSPS) is 12.0. The number of amides is 1. The van der Waals surface area contributed by atoms with Crippen LogP contribution in [0.15, 0.2) is 54.6 Å². The van der Waals surface area contributed by atoms with Crippen LogP contribution >= 0.6 is 0 Å². The summed E-state index contributed by atoms with van der Waals surface area (Å²) >= 11 is 0. The summed E-state index contributed by atoms with van der Waals surface area (Å²) in [5.74, 6) is 1.67. The molecule has 0 aliphatic heterocycles. The van der Waals surface area contributed by atoms with E-state index in [-0.39, 0.29) is 11.9 Å². The van der Waals surface area contributed by atoms with E-state index < -0.39 is 0 Å². The van der Waals surface area contributed by atoms with Crippen LogP contribution in [0.25, 0.3) is 11.0 Å². The molecule has 0 saturated carbocycles. The van der Waals surface area contributed by atoms with Crippen LogP contribution in [-0.2, 0) is 11.3 Å². The van der Waals surface area contributed by atoms with Crippen LogP contribution in [0.5, 0.6) is 5.75 Å². The molecule has 3 aromatic rings. The number of rotatable bonds is 9. The van der Waals surface area contributed by atoms with E-state index in [1.165, 1.54) is 11.1 Å². The number of carbonyl (C=O) groups is 1. The van der Waals surface area contributed by atoms with Gasteiger partial charge in [-0.25, -0.2) is 4.98 Å². The van der Waals surface area contributed by atoms with Gasteiger partial charge in [0, 0.05) is 12.1 Å². The Kier molecular flexibility index (Phi) is 6.93. The van der Waals surface area contributed by atoms with Crippen LogP contribution in [0, 0.1) is 13.8 Å². The zero-order valence-corrected chi connectivity index (χ0v) is 18.4. The fourth-order valence-electron chi connectivity index (χ4n) is 3.48. The number of ether oxygens (including phenoxy) is 1. The molecule has 30 heavy (non-hydrogen) atoms. The molecule has 1 aromatic heterocycles. The first-order valence-electron chi connectivity index (χ1n) is 10.5. The number of para-hydroxylation sites is 2. The van der Waals surface area contributed by atoms with Gasteiger partial charge in [0.2, 0.25) is 5.91 Å². The Labute approximate surface area is 178 Å². The third-order valence-corrected chi connectivity index (χ3v) is 5.40. The van der Waals surface area contributed by atoms with Gasteiger partial charge in [0.05, 0.1) is 23.7 Å². The number of carbonyl (C=O) groups excluding carboxylic acids is 1. The Morgan fingerprint density at radius 1 is 1.17 bits per heavy atom. The van der Waals surface area contributed by atoms with E-state index in [1.54, 1.807) is 6.92 Å². The lowest BCUT2D eigenvalue weighted by molar-refractivity contribution is -0.118. The van der Waals surface area contributed by atoms with Crippen LogP contribution in [0.3, 0.4) is 0 Å². The Bertz CT molecular complexity index is 1050. The van der Waals surface area contributed by atoms with Gasteiger partial charge in [-0.1, -0.05) is 30.8 Å². The molecule has 0 aliphatic rings. The second kappa shape index (κ2) is 9.61. The molecule has 1 amide bonds. The monoisotopic (exact) mass is 405 g/mol. The third-order valence-electron chi connectivity index (χ3n) is 5.40. The average Bonchev–Trinajstić information content (AvgIpc) is 3.09. The van der Waals surface area contributed by atoms with Gasteiger partial charge >= 0.3 is 0 Å². The van der Waals surface area contributed by atoms with Crippen molar-refractivity contribution >= 4 is 16.9 Å². The molecule has 1 heterocycles. The van der Waals surface area contributed by atoms with Gasteiger partial charge in [0.1, 0.15) is 11.6 Å². The summed E-state index contributed by atoms with van der Waals surface area (Å²) in [6, 6.07) is 14.0. The van der Waals surface area contributed by atoms with E-state index in [0.717, 1.165) is 42.0 Å². The zero-order chi connectivity index (χ0) is 21.7. The highest BCUT2D eigenvalue weighted by Crippen LogP contribution is 2.23. The minimum absolute atomic E-state index is 0.150. The number of hydrogen-bond donors (Lipinski definition) is 1. The van der Waals surface area contributed by atoms with Gasteiger partial charge in [-0.05, 0) is 69.9 Å². The summed E-state index contributed by atoms with van der Waals surface area (Å²) in [6.07, 6.45) is 1.89. The van der Waals surface area contributed by atoms with Gasteiger partial charge in [-0.2, -0.15) is 0 Å². The topological polar surface area (TPSA) is 56.2 Å². The third kappa shape index (κ3) is 4.90. The van der Waals surface area contributed by atoms with Gasteiger partial charge < -0.3 is 14.6 Å². The van der Waals surface area contributed by atoms with Crippen LogP contribution in [-0.4, -0.2) is 22.1 Å². The van der Waals surface area contributed by atoms with Gasteiger partial charge in [0.15, 0.2) is 0 Å². The largest absolute Gasteiger partial charge is 0.493 e. The number of nitrogens with one attached hydrogen (secondary N) is 1. The second-order valence-electron chi connectivity index (χ2n) is 7.84. The van der Waals surface area contributed by atoms with Crippen molar-refractivity contribution in [3.05, 3.63) is 71.6 Å². The minimum atomic E-state index is -0.201. The van der Waals surface area contributed by atoms with Crippen molar-refractivity contribution in [2.75, 3.05) is 6.61 Å². The fraction of sp³-hybridized carbons (Fsp3) is 0.360. The predicted octanol–water partition coefficient (Wildman–Crippen LogP) is 5.27. The van der Waals surface area contributed by atoms with Crippen LogP contribution < -0.4 is 10.1 Å². The van der Waals surface area contributed by atoms with E-state index >= 15 is 0 Å². The number of aryl methyl sites for hydroxylation is 2. The van der Waals surface area contributed by atoms with Crippen molar-refractivity contribution in [2.24, 2.45) is 0 Å². The van der Waals surface area contributed by atoms with Gasteiger partial charge in [-0.3, -0.25) is 4.79 Å². The second-order valence-corrected chi connectivity index (χ2v) is 7.84. The van der Waals surface area contributed by atoms with E-state index in [2.05, 4.69) is 42.4 Å². The lowest BCUT2D eigenvalue weighted by Gasteiger charge is -2.16. The fourth-order valence-corrected chi connectivity index (χ4v) is 3.48. The standard InChI is InChI=1S/C25H31N3O2/c1-17(2)25(29)26-20(5)24-27-21-12-6-7-13-22(21)28(24)15-8-9-16-30-23-14-10-11-18(3)19(23)4/h6-7,10-14,20H,1,8-9,15-16H2,2-5H3,(H,26,29). The van der Waals surface area contributed by atoms with Crippen molar-refractivity contribution in [1.29, 1.82) is 0 Å². The summed E-state index contributed by atoms with van der Waals surface area (Å²) in [5.41, 5.74) is 4.96. The van der Waals surface area contributed by atoms with E-state index in [0.29, 0.717) is 12.2 Å². The quantitative estimate of drug-likeness (QED) is 0.390. The molecule has 1 atom stereocenters. The molecule has 0 aliphatic carbocycles. The Morgan fingerprint density at radius 3 is 2.70 bits per heavy atom. The smallest absolute Gasteiger partial charge is 0.246 e. The highest BCUT2D eigenvalue weighted by atomic mass is 16.5. The molecule has 0 radical (unpaired) electrons. The molecular formula is C25H31N3O2. The molecule has 0 fully saturated rings. The zero-order valence-electron chi connectivity index (χ0n) is 18.4. The summed E-state index contributed by atoms with van der Waals surface area (Å²) in [6.45, 7) is 13.1. The predicted molar refractivity (Wildman–Crippen MR) is 122 cm³/mol. The molecule has 5 heteroatoms. The first-order chi connectivity index (χ1) is 14.4. The molecule has 5 nitrogen and oxygen atoms in total. The van der Waals surface area contributed by atoms with E-state index in [1.807, 2.05) is 37.3 Å².